The van der Waals surface area contributed by atoms with Crippen molar-refractivity contribution in [2.75, 3.05) is 5.73 Å². The zero-order chi connectivity index (χ0) is 12.8. The van der Waals surface area contributed by atoms with Crippen LogP contribution in [0.25, 0.3) is 11.3 Å². The molecule has 0 saturated heterocycles. The topological polar surface area (TPSA) is 61.3 Å². The number of aryl methyl sites for hydroxylation is 1. The van der Waals surface area contributed by atoms with Crippen LogP contribution in [0.2, 0.25) is 0 Å². The maximum atomic E-state index is 5.95. The van der Waals surface area contributed by atoms with Crippen molar-refractivity contribution in [3.8, 4) is 17.0 Å². The van der Waals surface area contributed by atoms with Gasteiger partial charge in [0, 0.05) is 11.6 Å². The maximum absolute atomic E-state index is 5.95. The van der Waals surface area contributed by atoms with Crippen molar-refractivity contribution in [1.29, 1.82) is 0 Å². The first kappa shape index (κ1) is 11.1. The standard InChI is InChI=1S/C14H16N2O2/c1-14(2)6-5-10-7-9(3-4-12(10)17-14)11-8-13(15)18-16-11/h3-4,7-8H,5-6,15H2,1-2H3. The number of rotatable bonds is 1. The highest BCUT2D eigenvalue weighted by molar-refractivity contribution is 5.64. The van der Waals surface area contributed by atoms with Gasteiger partial charge in [-0.1, -0.05) is 5.16 Å². The second kappa shape index (κ2) is 3.77. The first-order valence-corrected chi connectivity index (χ1v) is 6.08. The SMILES string of the molecule is CC1(C)CCc2cc(-c3cc(N)on3)ccc2O1. The van der Waals surface area contributed by atoms with Crippen molar-refractivity contribution in [3.05, 3.63) is 29.8 Å². The molecule has 1 aliphatic rings. The molecule has 1 aromatic heterocycles. The minimum absolute atomic E-state index is 0.0766. The Kier molecular flexibility index (Phi) is 2.33. The molecule has 94 valence electrons. The molecule has 0 bridgehead atoms. The Hall–Kier alpha value is -1.97. The van der Waals surface area contributed by atoms with Gasteiger partial charge in [-0.3, -0.25) is 0 Å². The minimum Gasteiger partial charge on any atom is -0.488 e. The van der Waals surface area contributed by atoms with Gasteiger partial charge in [-0.25, -0.2) is 0 Å². The number of hydrogen-bond acceptors (Lipinski definition) is 4. The number of hydrogen-bond donors (Lipinski definition) is 1. The molecule has 0 aliphatic carbocycles. The molecule has 1 aromatic carbocycles. The van der Waals surface area contributed by atoms with Crippen molar-refractivity contribution in [1.82, 2.24) is 5.16 Å². The minimum atomic E-state index is -0.0766. The molecule has 2 heterocycles. The van der Waals surface area contributed by atoms with E-state index in [1.54, 1.807) is 6.07 Å². The van der Waals surface area contributed by atoms with Crippen molar-refractivity contribution in [3.63, 3.8) is 0 Å². The van der Waals surface area contributed by atoms with Crippen molar-refractivity contribution in [2.24, 2.45) is 0 Å². The van der Waals surface area contributed by atoms with E-state index in [0.29, 0.717) is 5.88 Å². The first-order chi connectivity index (χ1) is 8.53. The fraction of sp³-hybridized carbons (Fsp3) is 0.357. The van der Waals surface area contributed by atoms with Gasteiger partial charge in [0.15, 0.2) is 0 Å². The summed E-state index contributed by atoms with van der Waals surface area (Å²) in [5.74, 6) is 1.30. The zero-order valence-corrected chi connectivity index (χ0v) is 10.6. The van der Waals surface area contributed by atoms with Crippen LogP contribution in [0.3, 0.4) is 0 Å². The third-order valence-corrected chi connectivity index (χ3v) is 3.27. The second-order valence-electron chi connectivity index (χ2n) is 5.30. The van der Waals surface area contributed by atoms with Crippen LogP contribution in [0, 0.1) is 0 Å². The molecule has 2 aromatic rings. The summed E-state index contributed by atoms with van der Waals surface area (Å²) in [5.41, 5.74) is 8.45. The Morgan fingerprint density at radius 1 is 1.28 bits per heavy atom. The summed E-state index contributed by atoms with van der Waals surface area (Å²) in [5, 5.41) is 3.92. The largest absolute Gasteiger partial charge is 0.488 e. The number of ether oxygens (including phenoxy) is 1. The number of fused-ring (bicyclic) bond motifs is 1. The summed E-state index contributed by atoms with van der Waals surface area (Å²) in [6.07, 6.45) is 2.04. The summed E-state index contributed by atoms with van der Waals surface area (Å²) in [7, 11) is 0. The molecule has 0 amide bonds. The monoisotopic (exact) mass is 244 g/mol. The lowest BCUT2D eigenvalue weighted by Gasteiger charge is -2.32. The zero-order valence-electron chi connectivity index (χ0n) is 10.6. The third kappa shape index (κ3) is 1.94. The van der Waals surface area contributed by atoms with Crippen LogP contribution in [0.4, 0.5) is 5.88 Å². The van der Waals surface area contributed by atoms with E-state index in [4.69, 9.17) is 15.0 Å². The molecule has 0 fully saturated rings. The predicted molar refractivity (Wildman–Crippen MR) is 69.4 cm³/mol. The van der Waals surface area contributed by atoms with E-state index in [1.165, 1.54) is 5.56 Å². The van der Waals surface area contributed by atoms with Gasteiger partial charge in [0.05, 0.1) is 0 Å². The van der Waals surface area contributed by atoms with Crippen molar-refractivity contribution in [2.45, 2.75) is 32.3 Å². The van der Waals surface area contributed by atoms with Crippen LogP contribution in [-0.2, 0) is 6.42 Å². The molecule has 0 unspecified atom stereocenters. The maximum Gasteiger partial charge on any atom is 0.222 e. The van der Waals surface area contributed by atoms with Gasteiger partial charge in [-0.15, -0.1) is 0 Å². The summed E-state index contributed by atoms with van der Waals surface area (Å²) in [6.45, 7) is 4.23. The predicted octanol–water partition coefficient (Wildman–Crippen LogP) is 3.03. The molecule has 1 aliphatic heterocycles. The number of benzene rings is 1. The van der Waals surface area contributed by atoms with Crippen LogP contribution in [-0.4, -0.2) is 10.8 Å². The lowest BCUT2D eigenvalue weighted by Crippen LogP contribution is -2.32. The summed E-state index contributed by atoms with van der Waals surface area (Å²) >= 11 is 0. The van der Waals surface area contributed by atoms with Crippen LogP contribution in [0.15, 0.2) is 28.8 Å². The molecule has 0 atom stereocenters. The van der Waals surface area contributed by atoms with Gasteiger partial charge >= 0.3 is 0 Å². The van der Waals surface area contributed by atoms with Crippen LogP contribution in [0.5, 0.6) is 5.75 Å². The summed E-state index contributed by atoms with van der Waals surface area (Å²) < 4.78 is 10.8. The number of nitrogen functional groups attached to an aromatic ring is 1. The third-order valence-electron chi connectivity index (χ3n) is 3.27. The van der Waals surface area contributed by atoms with E-state index in [1.807, 2.05) is 12.1 Å². The molecule has 0 radical (unpaired) electrons. The molecular formula is C14H16N2O2. The van der Waals surface area contributed by atoms with Crippen molar-refractivity contribution < 1.29 is 9.26 Å². The highest BCUT2D eigenvalue weighted by Gasteiger charge is 2.26. The molecule has 3 rings (SSSR count). The number of aromatic nitrogens is 1. The number of nitrogens with two attached hydrogens (primary N) is 1. The van der Waals surface area contributed by atoms with Gasteiger partial charge in [0.1, 0.15) is 17.0 Å². The first-order valence-electron chi connectivity index (χ1n) is 6.08. The Labute approximate surface area is 106 Å². The highest BCUT2D eigenvalue weighted by Crippen LogP contribution is 2.35. The molecule has 0 saturated carbocycles. The fourth-order valence-electron chi connectivity index (χ4n) is 2.24. The lowest BCUT2D eigenvalue weighted by molar-refractivity contribution is 0.0847. The van der Waals surface area contributed by atoms with Crippen LogP contribution >= 0.6 is 0 Å². The molecular weight excluding hydrogens is 228 g/mol. The van der Waals surface area contributed by atoms with Gasteiger partial charge in [0.25, 0.3) is 0 Å². The fourth-order valence-corrected chi connectivity index (χ4v) is 2.24. The van der Waals surface area contributed by atoms with E-state index in [9.17, 15) is 0 Å². The van der Waals surface area contributed by atoms with Gasteiger partial charge < -0.3 is 15.0 Å². The van der Waals surface area contributed by atoms with Gasteiger partial charge in [-0.05, 0) is 50.5 Å². The Morgan fingerprint density at radius 2 is 2.11 bits per heavy atom. The Bertz CT molecular complexity index is 587. The van der Waals surface area contributed by atoms with Crippen LogP contribution in [0.1, 0.15) is 25.8 Å². The van der Waals surface area contributed by atoms with E-state index in [2.05, 4.69) is 25.1 Å². The van der Waals surface area contributed by atoms with E-state index in [-0.39, 0.29) is 5.60 Å². The summed E-state index contributed by atoms with van der Waals surface area (Å²) in [4.78, 5) is 0. The normalized spacial score (nSPS) is 17.0. The smallest absolute Gasteiger partial charge is 0.222 e. The average molecular weight is 244 g/mol. The van der Waals surface area contributed by atoms with Crippen LogP contribution < -0.4 is 10.5 Å². The summed E-state index contributed by atoms with van der Waals surface area (Å²) in [6, 6.07) is 7.81. The quantitative estimate of drug-likeness (QED) is 0.837. The lowest BCUT2D eigenvalue weighted by atomic mass is 9.93. The van der Waals surface area contributed by atoms with Gasteiger partial charge in [0.2, 0.25) is 5.88 Å². The number of anilines is 1. The number of nitrogens with zero attached hydrogens (tertiary/aromatic N) is 1. The van der Waals surface area contributed by atoms with Gasteiger partial charge in [-0.2, -0.15) is 0 Å². The Balaban J connectivity index is 1.97. The molecule has 0 spiro atoms. The highest BCUT2D eigenvalue weighted by atomic mass is 16.5. The van der Waals surface area contributed by atoms with E-state index >= 15 is 0 Å². The van der Waals surface area contributed by atoms with Crippen molar-refractivity contribution >= 4 is 5.88 Å². The molecule has 4 heteroatoms. The Morgan fingerprint density at radius 3 is 2.83 bits per heavy atom. The average Bonchev–Trinajstić information content (AvgIpc) is 2.74. The molecule has 2 N–H and O–H groups in total. The van der Waals surface area contributed by atoms with E-state index < -0.39 is 0 Å². The second-order valence-corrected chi connectivity index (χ2v) is 5.30. The van der Waals surface area contributed by atoms with E-state index in [0.717, 1.165) is 29.8 Å². The molecule has 4 nitrogen and oxygen atoms in total. The molecule has 18 heavy (non-hydrogen) atoms.